The predicted molar refractivity (Wildman–Crippen MR) is 105 cm³/mol. The van der Waals surface area contributed by atoms with Crippen molar-refractivity contribution in [2.24, 2.45) is 5.10 Å². The second kappa shape index (κ2) is 6.59. The van der Waals surface area contributed by atoms with Gasteiger partial charge in [-0.05, 0) is 43.3 Å². The Kier molecular flexibility index (Phi) is 4.26. The molecule has 0 N–H and O–H groups in total. The maximum atomic E-state index is 12.8. The van der Waals surface area contributed by atoms with Crippen LogP contribution in [0.4, 0.5) is 5.69 Å². The monoisotopic (exact) mass is 384 g/mol. The zero-order chi connectivity index (χ0) is 18.3. The molecule has 0 atom stereocenters. The second-order valence-electron chi connectivity index (χ2n) is 5.67. The maximum Gasteiger partial charge on any atom is 0.282 e. The lowest BCUT2D eigenvalue weighted by atomic mass is 10.2. The zero-order valence-electron chi connectivity index (χ0n) is 13.7. The van der Waals surface area contributed by atoms with Gasteiger partial charge in [0.15, 0.2) is 5.17 Å². The van der Waals surface area contributed by atoms with Crippen LogP contribution in [0.5, 0.6) is 0 Å². The zero-order valence-corrected chi connectivity index (χ0v) is 15.3. The molecule has 3 aromatic rings. The lowest BCUT2D eigenvalue weighted by molar-refractivity contribution is -0.115. The van der Waals surface area contributed by atoms with Crippen LogP contribution in [0, 0.1) is 6.92 Å². The molecule has 8 heteroatoms. The van der Waals surface area contributed by atoms with Crippen LogP contribution in [0.15, 0.2) is 58.4 Å². The first-order valence-corrected chi connectivity index (χ1v) is 9.19. The number of thioether (sulfide) groups is 1. The van der Waals surface area contributed by atoms with Crippen molar-refractivity contribution in [2.45, 2.75) is 6.92 Å². The molecule has 130 valence electrons. The van der Waals surface area contributed by atoms with Crippen molar-refractivity contribution >= 4 is 51.0 Å². The van der Waals surface area contributed by atoms with Gasteiger partial charge >= 0.3 is 0 Å². The molecule has 2 aromatic carbocycles. The Labute approximate surface area is 158 Å². The summed E-state index contributed by atoms with van der Waals surface area (Å²) in [6.07, 6.45) is 0. The summed E-state index contributed by atoms with van der Waals surface area (Å²) in [5, 5.41) is 5.92. The van der Waals surface area contributed by atoms with Crippen LogP contribution in [0.3, 0.4) is 0 Å². The van der Waals surface area contributed by atoms with Crippen molar-refractivity contribution in [3.05, 3.63) is 69.7 Å². The van der Waals surface area contributed by atoms with Crippen molar-refractivity contribution in [1.82, 2.24) is 9.66 Å². The van der Waals surface area contributed by atoms with E-state index in [2.05, 4.69) is 10.1 Å². The number of aromatic nitrogens is 2. The fourth-order valence-corrected chi connectivity index (χ4v) is 3.70. The summed E-state index contributed by atoms with van der Waals surface area (Å²) in [6.45, 7) is 1.71. The van der Waals surface area contributed by atoms with Gasteiger partial charge in [-0.15, -0.1) is 5.10 Å². The number of amides is 1. The normalized spacial score (nSPS) is 16.0. The number of amidine groups is 1. The highest BCUT2D eigenvalue weighted by Crippen LogP contribution is 2.27. The number of hydrogen-bond donors (Lipinski definition) is 0. The highest BCUT2D eigenvalue weighted by atomic mass is 35.5. The highest BCUT2D eigenvalue weighted by molar-refractivity contribution is 8.15. The molecule has 1 amide bonds. The molecular formula is C18H13ClN4O2S. The average Bonchev–Trinajstić information content (AvgIpc) is 3.00. The Bertz CT molecular complexity index is 1110. The molecule has 4 rings (SSSR count). The summed E-state index contributed by atoms with van der Waals surface area (Å²) in [4.78, 5) is 31.0. The Hall–Kier alpha value is -2.64. The number of rotatable bonds is 2. The third-order valence-corrected chi connectivity index (χ3v) is 5.12. The largest absolute Gasteiger partial charge is 0.282 e. The summed E-state index contributed by atoms with van der Waals surface area (Å²) in [5.74, 6) is 0.615. The molecule has 1 aromatic heterocycles. The van der Waals surface area contributed by atoms with Gasteiger partial charge in [0.2, 0.25) is 5.91 Å². The van der Waals surface area contributed by atoms with E-state index >= 15 is 0 Å². The fraction of sp³-hybridized carbons (Fsp3) is 0.111. The smallest absolute Gasteiger partial charge is 0.273 e. The summed E-state index contributed by atoms with van der Waals surface area (Å²) < 4.78 is 1.24. The summed E-state index contributed by atoms with van der Waals surface area (Å²) >= 11 is 7.21. The molecule has 0 bridgehead atoms. The van der Waals surface area contributed by atoms with Gasteiger partial charge in [-0.3, -0.25) is 14.5 Å². The minimum absolute atomic E-state index is 0.101. The number of carbonyl (C=O) groups is 1. The molecule has 0 aliphatic carbocycles. The number of benzene rings is 2. The van der Waals surface area contributed by atoms with Crippen molar-refractivity contribution < 1.29 is 4.79 Å². The number of carbonyl (C=O) groups excluding carboxylic acids is 1. The van der Waals surface area contributed by atoms with Gasteiger partial charge in [0.25, 0.3) is 5.56 Å². The first-order valence-electron chi connectivity index (χ1n) is 7.83. The van der Waals surface area contributed by atoms with Crippen LogP contribution in [0.2, 0.25) is 5.02 Å². The predicted octanol–water partition coefficient (Wildman–Crippen LogP) is 3.26. The SMILES string of the molecule is Cc1nc2ccccc2c(=O)n1/N=C1\SCC(=O)N1c1ccc(Cl)cc1. The Morgan fingerprint density at radius 1 is 1.12 bits per heavy atom. The summed E-state index contributed by atoms with van der Waals surface area (Å²) in [6, 6.07) is 14.0. The van der Waals surface area contributed by atoms with E-state index in [1.807, 2.05) is 6.07 Å². The third kappa shape index (κ3) is 2.89. The Balaban J connectivity index is 1.85. The third-order valence-electron chi connectivity index (χ3n) is 3.95. The molecule has 1 aliphatic heterocycles. The molecular weight excluding hydrogens is 372 g/mol. The number of anilines is 1. The van der Waals surface area contributed by atoms with Crippen LogP contribution in [-0.4, -0.2) is 26.5 Å². The van der Waals surface area contributed by atoms with E-state index in [0.29, 0.717) is 32.6 Å². The van der Waals surface area contributed by atoms with Gasteiger partial charge in [-0.25, -0.2) is 4.98 Å². The number of para-hydroxylation sites is 1. The average molecular weight is 385 g/mol. The first kappa shape index (κ1) is 16.8. The van der Waals surface area contributed by atoms with Gasteiger partial charge in [0.05, 0.1) is 22.3 Å². The minimum atomic E-state index is -0.267. The molecule has 1 fully saturated rings. The quantitative estimate of drug-likeness (QED) is 0.680. The molecule has 0 radical (unpaired) electrons. The number of nitrogens with zero attached hydrogens (tertiary/aromatic N) is 4. The summed E-state index contributed by atoms with van der Waals surface area (Å²) in [5.41, 5.74) is 1.01. The molecule has 2 heterocycles. The molecule has 0 spiro atoms. The van der Waals surface area contributed by atoms with Crippen LogP contribution in [0.25, 0.3) is 10.9 Å². The number of aryl methyl sites for hydroxylation is 1. The van der Waals surface area contributed by atoms with E-state index < -0.39 is 0 Å². The van der Waals surface area contributed by atoms with Crippen molar-refractivity contribution in [2.75, 3.05) is 10.7 Å². The van der Waals surface area contributed by atoms with Crippen molar-refractivity contribution in [1.29, 1.82) is 0 Å². The molecule has 0 saturated carbocycles. The minimum Gasteiger partial charge on any atom is -0.273 e. The summed E-state index contributed by atoms with van der Waals surface area (Å²) in [7, 11) is 0. The van der Waals surface area contributed by atoms with Gasteiger partial charge < -0.3 is 0 Å². The van der Waals surface area contributed by atoms with Crippen LogP contribution in [-0.2, 0) is 4.79 Å². The van der Waals surface area contributed by atoms with E-state index in [1.165, 1.54) is 21.3 Å². The number of hydrogen-bond acceptors (Lipinski definition) is 5. The van der Waals surface area contributed by atoms with E-state index in [-0.39, 0.29) is 17.2 Å². The van der Waals surface area contributed by atoms with E-state index in [0.717, 1.165) is 0 Å². The fourth-order valence-electron chi connectivity index (χ4n) is 2.72. The lowest BCUT2D eigenvalue weighted by Crippen LogP contribution is -2.31. The molecule has 6 nitrogen and oxygen atoms in total. The number of fused-ring (bicyclic) bond motifs is 1. The maximum absolute atomic E-state index is 12.8. The Morgan fingerprint density at radius 3 is 2.62 bits per heavy atom. The molecule has 0 unspecified atom stereocenters. The molecule has 1 aliphatic rings. The second-order valence-corrected chi connectivity index (χ2v) is 7.05. The highest BCUT2D eigenvalue weighted by Gasteiger charge is 2.30. The standard InChI is InChI=1S/C18H13ClN4O2S/c1-11-20-15-5-3-2-4-14(15)17(25)23(11)21-18-22(16(24)10-26-18)13-8-6-12(19)7-9-13/h2-9H,10H2,1H3/b21-18-. The van der Waals surface area contributed by atoms with E-state index in [4.69, 9.17) is 11.6 Å². The van der Waals surface area contributed by atoms with Crippen LogP contribution >= 0.6 is 23.4 Å². The topological polar surface area (TPSA) is 67.6 Å². The van der Waals surface area contributed by atoms with E-state index in [9.17, 15) is 9.59 Å². The first-order chi connectivity index (χ1) is 12.5. The van der Waals surface area contributed by atoms with Crippen LogP contribution < -0.4 is 10.5 Å². The van der Waals surface area contributed by atoms with Gasteiger partial charge in [0, 0.05) is 5.02 Å². The van der Waals surface area contributed by atoms with Crippen LogP contribution in [0.1, 0.15) is 5.82 Å². The molecule has 1 saturated heterocycles. The van der Waals surface area contributed by atoms with E-state index in [1.54, 1.807) is 49.4 Å². The van der Waals surface area contributed by atoms with Gasteiger partial charge in [0.1, 0.15) is 5.82 Å². The van der Waals surface area contributed by atoms with Crippen molar-refractivity contribution in [3.8, 4) is 0 Å². The van der Waals surface area contributed by atoms with Crippen molar-refractivity contribution in [3.63, 3.8) is 0 Å². The lowest BCUT2D eigenvalue weighted by Gasteiger charge is -2.16. The number of halogens is 1. The Morgan fingerprint density at radius 2 is 1.85 bits per heavy atom. The van der Waals surface area contributed by atoms with Gasteiger partial charge in [-0.2, -0.15) is 4.68 Å². The van der Waals surface area contributed by atoms with Gasteiger partial charge in [-0.1, -0.05) is 35.5 Å². The molecule has 26 heavy (non-hydrogen) atoms.